The van der Waals surface area contributed by atoms with E-state index < -0.39 is 9.73 Å². The first-order chi connectivity index (χ1) is 9.56. The van der Waals surface area contributed by atoms with E-state index in [0.717, 1.165) is 0 Å². The molecule has 6 heteroatoms. The molecule has 0 spiro atoms. The minimum atomic E-state index is -2.60. The summed E-state index contributed by atoms with van der Waals surface area (Å²) in [5.41, 5.74) is 1.05. The highest BCUT2D eigenvalue weighted by atomic mass is 35.5. The highest BCUT2D eigenvalue weighted by Gasteiger charge is 2.11. The van der Waals surface area contributed by atoms with Crippen molar-refractivity contribution in [1.29, 1.82) is 0 Å². The zero-order valence-corrected chi connectivity index (χ0v) is 12.2. The molecule has 0 saturated heterocycles. The lowest BCUT2D eigenvalue weighted by atomic mass is 10.3. The molecule has 20 heavy (non-hydrogen) atoms. The minimum absolute atomic E-state index is 0.0736. The van der Waals surface area contributed by atoms with Gasteiger partial charge in [-0.05, 0) is 24.3 Å². The molecule has 4 nitrogen and oxygen atoms in total. The molecule has 0 N–H and O–H groups in total. The highest BCUT2D eigenvalue weighted by molar-refractivity contribution is 7.93. The second-order valence-corrected chi connectivity index (χ2v) is 6.96. The second-order valence-electron chi connectivity index (χ2n) is 4.29. The van der Waals surface area contributed by atoms with Gasteiger partial charge in [-0.2, -0.15) is 4.98 Å². The van der Waals surface area contributed by atoms with E-state index in [-0.39, 0.29) is 6.01 Å². The molecule has 2 aromatic carbocycles. The van der Waals surface area contributed by atoms with E-state index in [1.54, 1.807) is 36.6 Å². The van der Waals surface area contributed by atoms with Crippen LogP contribution < -0.4 is 0 Å². The van der Waals surface area contributed by atoms with Crippen molar-refractivity contribution in [2.24, 2.45) is 4.36 Å². The summed E-state index contributed by atoms with van der Waals surface area (Å²) in [6.45, 7) is 0. The zero-order chi connectivity index (χ0) is 14.2. The lowest BCUT2D eigenvalue weighted by molar-refractivity contribution is 0.612. The van der Waals surface area contributed by atoms with Crippen molar-refractivity contribution < 1.29 is 8.63 Å². The number of aromatic nitrogens is 1. The Kier molecular flexibility index (Phi) is 3.23. The van der Waals surface area contributed by atoms with Gasteiger partial charge in [0.2, 0.25) is 0 Å². The third-order valence-electron chi connectivity index (χ3n) is 2.79. The Morgan fingerprint density at radius 3 is 2.60 bits per heavy atom. The summed E-state index contributed by atoms with van der Waals surface area (Å²) >= 11 is 6.01. The largest absolute Gasteiger partial charge is 0.420 e. The molecule has 0 saturated carbocycles. The number of hydrogen-bond donors (Lipinski definition) is 0. The van der Waals surface area contributed by atoms with Crippen molar-refractivity contribution in [3.63, 3.8) is 0 Å². The molecule has 0 radical (unpaired) electrons. The molecule has 0 bridgehead atoms. The number of rotatable bonds is 2. The molecule has 3 aromatic rings. The van der Waals surface area contributed by atoms with Crippen LogP contribution >= 0.6 is 11.6 Å². The Morgan fingerprint density at radius 1 is 1.15 bits per heavy atom. The standard InChI is InChI=1S/C14H11ClN2O2S/c1-20(18,10-6-3-2-4-7-10)17-14-16-12-9-5-8-11(15)13(12)19-14/h2-9H,1H3. The van der Waals surface area contributed by atoms with Crippen molar-refractivity contribution in [2.45, 2.75) is 4.90 Å². The smallest absolute Gasteiger partial charge is 0.331 e. The Bertz CT molecular complexity index is 881. The maximum absolute atomic E-state index is 12.6. The van der Waals surface area contributed by atoms with Gasteiger partial charge in [-0.3, -0.25) is 0 Å². The fraction of sp³-hybridized carbons (Fsp3) is 0.0714. The minimum Gasteiger partial charge on any atom is -0.420 e. The van der Waals surface area contributed by atoms with Crippen LogP contribution in [0.25, 0.3) is 11.1 Å². The summed E-state index contributed by atoms with van der Waals surface area (Å²) in [6.07, 6.45) is 1.55. The van der Waals surface area contributed by atoms with E-state index in [1.165, 1.54) is 0 Å². The van der Waals surface area contributed by atoms with Gasteiger partial charge >= 0.3 is 6.01 Å². The van der Waals surface area contributed by atoms with Crippen LogP contribution in [0.1, 0.15) is 0 Å². The van der Waals surface area contributed by atoms with E-state index in [2.05, 4.69) is 9.35 Å². The van der Waals surface area contributed by atoms with E-state index in [1.807, 2.05) is 18.2 Å². The van der Waals surface area contributed by atoms with Crippen LogP contribution in [-0.2, 0) is 9.73 Å². The van der Waals surface area contributed by atoms with Gasteiger partial charge in [0, 0.05) is 11.2 Å². The molecule has 0 amide bonds. The average Bonchev–Trinajstić information content (AvgIpc) is 2.83. The van der Waals surface area contributed by atoms with Gasteiger partial charge in [0.25, 0.3) is 0 Å². The van der Waals surface area contributed by atoms with Gasteiger partial charge in [-0.25, -0.2) is 4.21 Å². The topological polar surface area (TPSA) is 55.5 Å². The van der Waals surface area contributed by atoms with Crippen LogP contribution in [0.15, 0.2) is 62.2 Å². The number of nitrogens with zero attached hydrogens (tertiary/aromatic N) is 2. The molecule has 1 heterocycles. The van der Waals surface area contributed by atoms with E-state index in [0.29, 0.717) is 21.0 Å². The summed E-state index contributed by atoms with van der Waals surface area (Å²) in [5.74, 6) is 0. The molecule has 0 aliphatic carbocycles. The first kappa shape index (κ1) is 13.1. The molecular weight excluding hydrogens is 296 g/mol. The SMILES string of the molecule is CS(=O)(=Nc1nc2cccc(Cl)c2o1)c1ccccc1. The van der Waals surface area contributed by atoms with E-state index in [4.69, 9.17) is 16.0 Å². The molecule has 1 unspecified atom stereocenters. The quantitative estimate of drug-likeness (QED) is 0.710. The van der Waals surface area contributed by atoms with Crippen LogP contribution in [-0.4, -0.2) is 15.4 Å². The molecule has 102 valence electrons. The summed E-state index contributed by atoms with van der Waals surface area (Å²) in [6, 6.07) is 14.3. The number of para-hydroxylation sites is 1. The third kappa shape index (κ3) is 2.42. The van der Waals surface area contributed by atoms with Crippen molar-refractivity contribution in [3.8, 4) is 0 Å². The first-order valence-corrected chi connectivity index (χ1v) is 8.19. The first-order valence-electron chi connectivity index (χ1n) is 5.88. The predicted molar refractivity (Wildman–Crippen MR) is 79.9 cm³/mol. The maximum Gasteiger partial charge on any atom is 0.331 e. The Labute approximate surface area is 121 Å². The van der Waals surface area contributed by atoms with Gasteiger partial charge in [0.1, 0.15) is 5.52 Å². The second kappa shape index (κ2) is 4.92. The van der Waals surface area contributed by atoms with Crippen molar-refractivity contribution in [1.82, 2.24) is 4.98 Å². The summed E-state index contributed by atoms with van der Waals surface area (Å²) < 4.78 is 22.2. The van der Waals surface area contributed by atoms with Gasteiger partial charge in [-0.1, -0.05) is 35.9 Å². The van der Waals surface area contributed by atoms with Crippen LogP contribution in [0.3, 0.4) is 0 Å². The maximum atomic E-state index is 12.6. The van der Waals surface area contributed by atoms with Crippen LogP contribution in [0, 0.1) is 0 Å². The van der Waals surface area contributed by atoms with E-state index in [9.17, 15) is 4.21 Å². The fourth-order valence-electron chi connectivity index (χ4n) is 1.82. The van der Waals surface area contributed by atoms with Gasteiger partial charge in [0.05, 0.1) is 14.8 Å². The molecule has 0 aliphatic rings. The number of benzene rings is 2. The normalized spacial score (nSPS) is 14.1. The Morgan fingerprint density at radius 2 is 1.90 bits per heavy atom. The number of hydrogen-bond acceptors (Lipinski definition) is 4. The van der Waals surface area contributed by atoms with Crippen LogP contribution in [0.5, 0.6) is 0 Å². The molecule has 0 aliphatic heterocycles. The van der Waals surface area contributed by atoms with Gasteiger partial charge < -0.3 is 4.42 Å². The van der Waals surface area contributed by atoms with Gasteiger partial charge in [-0.15, -0.1) is 4.36 Å². The van der Waals surface area contributed by atoms with E-state index >= 15 is 0 Å². The Hall–Kier alpha value is -1.85. The predicted octanol–water partition coefficient (Wildman–Crippen LogP) is 4.27. The molecule has 3 rings (SSSR count). The third-order valence-corrected chi connectivity index (χ3v) is 4.74. The number of halogens is 1. The molecule has 0 fully saturated rings. The molecule has 1 atom stereocenters. The van der Waals surface area contributed by atoms with Crippen LogP contribution in [0.2, 0.25) is 5.02 Å². The van der Waals surface area contributed by atoms with Crippen LogP contribution in [0.4, 0.5) is 6.01 Å². The lowest BCUT2D eigenvalue weighted by Crippen LogP contribution is -1.96. The monoisotopic (exact) mass is 306 g/mol. The number of oxazole rings is 1. The number of fused-ring (bicyclic) bond motifs is 1. The average molecular weight is 307 g/mol. The van der Waals surface area contributed by atoms with Crippen molar-refractivity contribution >= 4 is 38.4 Å². The Balaban J connectivity index is 2.15. The summed E-state index contributed by atoms with van der Waals surface area (Å²) in [7, 11) is -2.60. The molecular formula is C14H11ClN2O2S. The van der Waals surface area contributed by atoms with Crippen molar-refractivity contribution in [3.05, 3.63) is 53.6 Å². The highest BCUT2D eigenvalue weighted by Crippen LogP contribution is 2.28. The molecule has 1 aromatic heterocycles. The van der Waals surface area contributed by atoms with Gasteiger partial charge in [0.15, 0.2) is 5.58 Å². The summed E-state index contributed by atoms with van der Waals surface area (Å²) in [5, 5.41) is 0.457. The lowest BCUT2D eigenvalue weighted by Gasteiger charge is -2.01. The fourth-order valence-corrected chi connectivity index (χ4v) is 3.17. The summed E-state index contributed by atoms with van der Waals surface area (Å²) in [4.78, 5) is 4.82. The zero-order valence-electron chi connectivity index (χ0n) is 10.6. The van der Waals surface area contributed by atoms with Crippen molar-refractivity contribution in [2.75, 3.05) is 6.26 Å².